The Hall–Kier alpha value is -1.35. The number of fused-ring (bicyclic) bond motifs is 1. The normalized spacial score (nSPS) is 16.3. The topological polar surface area (TPSA) is 23.6 Å². The van der Waals surface area contributed by atoms with Gasteiger partial charge in [-0.15, -0.1) is 0 Å². The molecule has 1 heterocycles. The molecule has 0 saturated carbocycles. The van der Waals surface area contributed by atoms with Gasteiger partial charge in [0.15, 0.2) is 0 Å². The van der Waals surface area contributed by atoms with E-state index in [0.717, 1.165) is 18.8 Å². The van der Waals surface area contributed by atoms with Gasteiger partial charge in [0.25, 0.3) is 0 Å². The molecule has 1 atom stereocenters. The molecule has 1 amide bonds. The molecule has 0 radical (unpaired) electrons. The first-order valence-corrected chi connectivity index (χ1v) is 6.74. The lowest BCUT2D eigenvalue weighted by Crippen LogP contribution is -2.48. The lowest BCUT2D eigenvalue weighted by Gasteiger charge is -2.34. The standard InChI is InChI=1S/C15H22N2O/c1-5-16(6-2)12(4)17-14-8-7-11(3)9-13(14)10-15(17)18/h7-9,12H,5-6,10H2,1-4H3. The van der Waals surface area contributed by atoms with Gasteiger partial charge in [0.1, 0.15) is 0 Å². The maximum atomic E-state index is 12.2. The highest BCUT2D eigenvalue weighted by molar-refractivity contribution is 6.01. The number of hydrogen-bond donors (Lipinski definition) is 0. The van der Waals surface area contributed by atoms with Crippen LogP contribution in [-0.2, 0) is 11.2 Å². The second-order valence-electron chi connectivity index (χ2n) is 4.93. The summed E-state index contributed by atoms with van der Waals surface area (Å²) >= 11 is 0. The van der Waals surface area contributed by atoms with Crippen molar-refractivity contribution in [2.24, 2.45) is 0 Å². The monoisotopic (exact) mass is 246 g/mol. The summed E-state index contributed by atoms with van der Waals surface area (Å²) in [5.74, 6) is 0.218. The average molecular weight is 246 g/mol. The number of amides is 1. The zero-order valence-corrected chi connectivity index (χ0v) is 11.7. The first-order valence-electron chi connectivity index (χ1n) is 6.74. The number of hydrogen-bond acceptors (Lipinski definition) is 2. The van der Waals surface area contributed by atoms with Gasteiger partial charge in [0.2, 0.25) is 5.91 Å². The molecule has 1 aliphatic rings. The van der Waals surface area contributed by atoms with Crippen molar-refractivity contribution in [1.29, 1.82) is 0 Å². The van der Waals surface area contributed by atoms with Crippen molar-refractivity contribution in [3.63, 3.8) is 0 Å². The largest absolute Gasteiger partial charge is 0.296 e. The van der Waals surface area contributed by atoms with E-state index in [1.165, 1.54) is 11.1 Å². The third kappa shape index (κ3) is 2.15. The third-order valence-corrected chi connectivity index (χ3v) is 3.82. The highest BCUT2D eigenvalue weighted by Gasteiger charge is 2.32. The molecule has 3 nitrogen and oxygen atoms in total. The summed E-state index contributed by atoms with van der Waals surface area (Å²) in [7, 11) is 0. The Morgan fingerprint density at radius 1 is 1.33 bits per heavy atom. The molecule has 3 heteroatoms. The molecule has 0 N–H and O–H groups in total. The van der Waals surface area contributed by atoms with Crippen LogP contribution in [0.4, 0.5) is 5.69 Å². The minimum absolute atomic E-state index is 0.136. The molecule has 1 aromatic rings. The Morgan fingerprint density at radius 3 is 2.61 bits per heavy atom. The minimum Gasteiger partial charge on any atom is -0.296 e. The van der Waals surface area contributed by atoms with Gasteiger partial charge in [-0.2, -0.15) is 0 Å². The quantitative estimate of drug-likeness (QED) is 0.815. The van der Waals surface area contributed by atoms with E-state index < -0.39 is 0 Å². The van der Waals surface area contributed by atoms with E-state index in [1.54, 1.807) is 0 Å². The predicted molar refractivity (Wildman–Crippen MR) is 74.8 cm³/mol. The summed E-state index contributed by atoms with van der Waals surface area (Å²) < 4.78 is 0. The van der Waals surface area contributed by atoms with Crippen molar-refractivity contribution in [2.45, 2.75) is 40.3 Å². The van der Waals surface area contributed by atoms with Crippen LogP contribution in [0.15, 0.2) is 18.2 Å². The first-order chi connectivity index (χ1) is 8.58. The Balaban J connectivity index is 2.33. The number of carbonyl (C=O) groups is 1. The number of anilines is 1. The summed E-state index contributed by atoms with van der Waals surface area (Å²) in [4.78, 5) is 16.5. The van der Waals surface area contributed by atoms with Crippen LogP contribution in [0.2, 0.25) is 0 Å². The fraction of sp³-hybridized carbons (Fsp3) is 0.533. The maximum Gasteiger partial charge on any atom is 0.232 e. The van der Waals surface area contributed by atoms with Gasteiger partial charge in [-0.25, -0.2) is 0 Å². The lowest BCUT2D eigenvalue weighted by molar-refractivity contribution is -0.118. The number of aryl methyl sites for hydroxylation is 1. The smallest absolute Gasteiger partial charge is 0.232 e. The molecule has 0 aromatic heterocycles. The summed E-state index contributed by atoms with van der Waals surface area (Å²) in [6.45, 7) is 10.4. The molecular formula is C15H22N2O. The van der Waals surface area contributed by atoms with E-state index in [-0.39, 0.29) is 12.1 Å². The van der Waals surface area contributed by atoms with E-state index in [1.807, 2.05) is 4.90 Å². The predicted octanol–water partition coefficient (Wildman–Crippen LogP) is 2.57. The average Bonchev–Trinajstić information content (AvgIpc) is 2.65. The highest BCUT2D eigenvalue weighted by Crippen LogP contribution is 2.31. The highest BCUT2D eigenvalue weighted by atomic mass is 16.2. The van der Waals surface area contributed by atoms with Crippen molar-refractivity contribution in [3.05, 3.63) is 29.3 Å². The van der Waals surface area contributed by atoms with Crippen LogP contribution >= 0.6 is 0 Å². The van der Waals surface area contributed by atoms with Crippen LogP contribution in [0.3, 0.4) is 0 Å². The Labute approximate surface area is 109 Å². The van der Waals surface area contributed by atoms with E-state index in [2.05, 4.69) is 50.8 Å². The fourth-order valence-corrected chi connectivity index (χ4v) is 2.80. The Kier molecular flexibility index (Phi) is 3.71. The van der Waals surface area contributed by atoms with Gasteiger partial charge in [-0.3, -0.25) is 14.6 Å². The van der Waals surface area contributed by atoms with Crippen molar-refractivity contribution < 1.29 is 4.79 Å². The summed E-state index contributed by atoms with van der Waals surface area (Å²) in [5.41, 5.74) is 3.47. The molecular weight excluding hydrogens is 224 g/mol. The molecule has 1 aliphatic heterocycles. The molecule has 18 heavy (non-hydrogen) atoms. The second-order valence-corrected chi connectivity index (χ2v) is 4.93. The SMILES string of the molecule is CCN(CC)C(C)N1C(=O)Cc2cc(C)ccc21. The van der Waals surface area contributed by atoms with Gasteiger partial charge >= 0.3 is 0 Å². The number of benzene rings is 1. The molecule has 0 bridgehead atoms. The van der Waals surface area contributed by atoms with Crippen molar-refractivity contribution in [1.82, 2.24) is 4.90 Å². The first kappa shape index (κ1) is 13.1. The maximum absolute atomic E-state index is 12.2. The van der Waals surface area contributed by atoms with Gasteiger partial charge in [0, 0.05) is 5.69 Å². The number of rotatable bonds is 4. The minimum atomic E-state index is 0.136. The molecule has 0 aliphatic carbocycles. The van der Waals surface area contributed by atoms with Crippen LogP contribution in [0.1, 0.15) is 31.9 Å². The van der Waals surface area contributed by atoms with E-state index >= 15 is 0 Å². The molecule has 1 aromatic carbocycles. The van der Waals surface area contributed by atoms with Crippen molar-refractivity contribution in [2.75, 3.05) is 18.0 Å². The van der Waals surface area contributed by atoms with Crippen LogP contribution in [0.5, 0.6) is 0 Å². The zero-order valence-electron chi connectivity index (χ0n) is 11.7. The van der Waals surface area contributed by atoms with E-state index in [4.69, 9.17) is 0 Å². The Morgan fingerprint density at radius 2 is 2.00 bits per heavy atom. The molecule has 0 spiro atoms. The van der Waals surface area contributed by atoms with Gasteiger partial charge < -0.3 is 0 Å². The van der Waals surface area contributed by atoms with Gasteiger partial charge in [-0.05, 0) is 38.6 Å². The molecule has 0 saturated heterocycles. The zero-order chi connectivity index (χ0) is 13.3. The molecule has 98 valence electrons. The Bertz CT molecular complexity index is 452. The van der Waals surface area contributed by atoms with Gasteiger partial charge in [0.05, 0.1) is 12.6 Å². The van der Waals surface area contributed by atoms with Crippen LogP contribution in [0.25, 0.3) is 0 Å². The molecule has 1 unspecified atom stereocenters. The summed E-state index contributed by atoms with van der Waals surface area (Å²) in [6.07, 6.45) is 0.680. The van der Waals surface area contributed by atoms with Gasteiger partial charge in [-0.1, -0.05) is 31.5 Å². The second kappa shape index (κ2) is 5.11. The van der Waals surface area contributed by atoms with Crippen LogP contribution < -0.4 is 4.90 Å². The molecule has 0 fully saturated rings. The number of nitrogens with zero attached hydrogens (tertiary/aromatic N) is 2. The number of carbonyl (C=O) groups excluding carboxylic acids is 1. The summed E-state index contributed by atoms with van der Waals surface area (Å²) in [6, 6.07) is 6.29. The fourth-order valence-electron chi connectivity index (χ4n) is 2.80. The summed E-state index contributed by atoms with van der Waals surface area (Å²) in [5, 5.41) is 0. The van der Waals surface area contributed by atoms with E-state index in [0.29, 0.717) is 6.42 Å². The molecule has 2 rings (SSSR count). The third-order valence-electron chi connectivity index (χ3n) is 3.82. The van der Waals surface area contributed by atoms with Crippen molar-refractivity contribution in [3.8, 4) is 0 Å². The van der Waals surface area contributed by atoms with Crippen LogP contribution in [-0.4, -0.2) is 30.1 Å². The van der Waals surface area contributed by atoms with Crippen molar-refractivity contribution >= 4 is 11.6 Å². The lowest BCUT2D eigenvalue weighted by atomic mass is 10.1. The van der Waals surface area contributed by atoms with Crippen LogP contribution in [0, 0.1) is 6.92 Å². The van der Waals surface area contributed by atoms with E-state index in [9.17, 15) is 4.79 Å².